The number of hydrogen-bond acceptors (Lipinski definition) is 10. The number of carbonyl (C=O) groups is 2. The molecule has 4 atom stereocenters. The fraction of sp³-hybridized carbons (Fsp3) is 0.538. The lowest BCUT2D eigenvalue weighted by atomic mass is 9.94. The van der Waals surface area contributed by atoms with Crippen LogP contribution in [0.2, 0.25) is 0 Å². The van der Waals surface area contributed by atoms with Crippen molar-refractivity contribution in [3.05, 3.63) is 22.5 Å². The zero-order valence-corrected chi connectivity index (χ0v) is 13.0. The molecule has 0 amide bonds. The fourth-order valence-electron chi connectivity index (χ4n) is 1.95. The Kier molecular flexibility index (Phi) is 6.66. The number of esters is 2. The molecule has 134 valence electrons. The van der Waals surface area contributed by atoms with Crippen molar-refractivity contribution in [3.8, 4) is 0 Å². The highest BCUT2D eigenvalue weighted by molar-refractivity contribution is 5.93. The first kappa shape index (κ1) is 19.8. The van der Waals surface area contributed by atoms with E-state index in [1.807, 2.05) is 0 Å². The number of aromatic nitrogens is 2. The molecule has 0 aliphatic carbocycles. The summed E-state index contributed by atoms with van der Waals surface area (Å²) in [5, 5.41) is 44.9. The minimum atomic E-state index is -2.86. The van der Waals surface area contributed by atoms with Crippen LogP contribution in [0.25, 0.3) is 0 Å². The summed E-state index contributed by atoms with van der Waals surface area (Å²) in [6.07, 6.45) is -9.55. The number of rotatable bonds is 6. The molecule has 0 saturated heterocycles. The number of aliphatic hydroxyl groups excluding tert-OH is 4. The van der Waals surface area contributed by atoms with E-state index in [-0.39, 0.29) is 11.3 Å². The summed E-state index contributed by atoms with van der Waals surface area (Å²) in [5.74, 6) is -2.00. The van der Waals surface area contributed by atoms with Gasteiger partial charge in [-0.2, -0.15) is 0 Å². The molecule has 24 heavy (non-hydrogen) atoms. The van der Waals surface area contributed by atoms with Gasteiger partial charge in [0, 0.05) is 5.56 Å². The Morgan fingerprint density at radius 2 is 1.42 bits per heavy atom. The number of methoxy groups -OCH3 is 2. The minimum absolute atomic E-state index is 0.107. The zero-order chi connectivity index (χ0) is 18.6. The summed E-state index contributed by atoms with van der Waals surface area (Å²) in [6.45, 7) is 1.26. The molecule has 1 heterocycles. The van der Waals surface area contributed by atoms with Crippen LogP contribution in [0.4, 0.5) is 4.39 Å². The van der Waals surface area contributed by atoms with Crippen molar-refractivity contribution in [2.45, 2.75) is 31.6 Å². The first-order valence-electron chi connectivity index (χ1n) is 6.57. The van der Waals surface area contributed by atoms with Crippen molar-refractivity contribution < 1.29 is 43.9 Å². The predicted molar refractivity (Wildman–Crippen MR) is 73.5 cm³/mol. The molecule has 0 radical (unpaired) electrons. The molecule has 0 aliphatic rings. The Hall–Kier alpha value is -2.21. The first-order chi connectivity index (χ1) is 11.2. The van der Waals surface area contributed by atoms with Crippen LogP contribution in [0.15, 0.2) is 0 Å². The summed E-state index contributed by atoms with van der Waals surface area (Å²) < 4.78 is 21.7. The summed E-state index contributed by atoms with van der Waals surface area (Å²) >= 11 is 0. The third-order valence-corrected chi connectivity index (χ3v) is 3.27. The highest BCUT2D eigenvalue weighted by Crippen LogP contribution is 2.28. The van der Waals surface area contributed by atoms with E-state index in [9.17, 15) is 29.3 Å². The summed E-state index contributed by atoms with van der Waals surface area (Å²) in [7, 11) is 2.08. The van der Waals surface area contributed by atoms with Gasteiger partial charge in [0.1, 0.15) is 18.3 Å². The van der Waals surface area contributed by atoms with E-state index in [0.717, 1.165) is 14.2 Å². The number of halogens is 1. The highest BCUT2D eigenvalue weighted by Gasteiger charge is 2.36. The monoisotopic (exact) mass is 348 g/mol. The molecule has 1 rings (SSSR count). The molecule has 0 fully saturated rings. The van der Waals surface area contributed by atoms with Crippen LogP contribution >= 0.6 is 0 Å². The van der Waals surface area contributed by atoms with Crippen LogP contribution in [-0.2, 0) is 9.47 Å². The van der Waals surface area contributed by atoms with E-state index in [2.05, 4.69) is 19.7 Å². The molecule has 11 heteroatoms. The van der Waals surface area contributed by atoms with Gasteiger partial charge in [-0.1, -0.05) is 0 Å². The number of carbonyl (C=O) groups excluding carboxylic acids is 2. The van der Waals surface area contributed by atoms with Crippen LogP contribution in [0.3, 0.4) is 0 Å². The van der Waals surface area contributed by atoms with Gasteiger partial charge in [0.2, 0.25) is 6.36 Å². The van der Waals surface area contributed by atoms with Crippen molar-refractivity contribution in [2.24, 2.45) is 0 Å². The number of nitrogens with zero attached hydrogens (tertiary/aromatic N) is 2. The van der Waals surface area contributed by atoms with E-state index in [1.54, 1.807) is 0 Å². The van der Waals surface area contributed by atoms with Crippen molar-refractivity contribution in [2.75, 3.05) is 14.2 Å². The maximum absolute atomic E-state index is 12.8. The van der Waals surface area contributed by atoms with Gasteiger partial charge in [-0.25, -0.2) is 14.0 Å². The molecule has 0 spiro atoms. The Bertz CT molecular complexity index is 624. The molecule has 4 unspecified atom stereocenters. The topological polar surface area (TPSA) is 159 Å². The van der Waals surface area contributed by atoms with E-state index in [1.165, 1.54) is 6.92 Å². The summed E-state index contributed by atoms with van der Waals surface area (Å²) in [4.78, 5) is 23.4. The largest absolute Gasteiger partial charge is 0.464 e. The smallest absolute Gasteiger partial charge is 0.358 e. The van der Waals surface area contributed by atoms with Gasteiger partial charge in [-0.05, 0) is 12.5 Å². The molecule has 0 saturated carbocycles. The highest BCUT2D eigenvalue weighted by atomic mass is 19.1. The minimum Gasteiger partial charge on any atom is -0.464 e. The first-order valence-corrected chi connectivity index (χ1v) is 6.57. The van der Waals surface area contributed by atoms with E-state index in [0.29, 0.717) is 0 Å². The van der Waals surface area contributed by atoms with Crippen molar-refractivity contribution in [1.82, 2.24) is 10.2 Å². The zero-order valence-electron chi connectivity index (χ0n) is 13.0. The lowest BCUT2D eigenvalue weighted by Gasteiger charge is -2.25. The lowest BCUT2D eigenvalue weighted by molar-refractivity contribution is -0.145. The van der Waals surface area contributed by atoms with E-state index < -0.39 is 47.9 Å². The van der Waals surface area contributed by atoms with Crippen LogP contribution in [-0.4, -0.2) is 75.3 Å². The maximum atomic E-state index is 12.8. The Labute approximate surface area is 135 Å². The summed E-state index contributed by atoms with van der Waals surface area (Å²) in [5.41, 5.74) is -1.47. The Morgan fingerprint density at radius 3 is 1.88 bits per heavy atom. The van der Waals surface area contributed by atoms with Gasteiger partial charge >= 0.3 is 11.9 Å². The van der Waals surface area contributed by atoms with Crippen molar-refractivity contribution in [3.63, 3.8) is 0 Å². The van der Waals surface area contributed by atoms with Crippen LogP contribution in [0.1, 0.15) is 38.2 Å². The van der Waals surface area contributed by atoms with Gasteiger partial charge in [-0.15, -0.1) is 10.2 Å². The van der Waals surface area contributed by atoms with Gasteiger partial charge in [0.25, 0.3) is 0 Å². The molecular weight excluding hydrogens is 331 g/mol. The molecular formula is C13H17FN2O8. The normalized spacial score (nSPS) is 16.0. The van der Waals surface area contributed by atoms with E-state index in [4.69, 9.17) is 5.11 Å². The standard InChI is InChI=1S/C13H17FN2O8/c1-4-5(8(17)9(18)10(19)11(14)20)7(13(22)24-3)16-15-6(4)12(21)23-2/h8-11,17-20H,1-3H3. The molecule has 1 aromatic rings. The van der Waals surface area contributed by atoms with Gasteiger partial charge in [-0.3, -0.25) is 0 Å². The SMILES string of the molecule is COC(=O)c1nnc(C(=O)OC)c(C(O)C(O)C(O)C(O)F)c1C. The van der Waals surface area contributed by atoms with Crippen molar-refractivity contribution in [1.29, 1.82) is 0 Å². The molecule has 0 aromatic carbocycles. The van der Waals surface area contributed by atoms with Crippen LogP contribution in [0, 0.1) is 6.92 Å². The van der Waals surface area contributed by atoms with Crippen LogP contribution < -0.4 is 0 Å². The molecule has 4 N–H and O–H groups in total. The van der Waals surface area contributed by atoms with E-state index >= 15 is 0 Å². The fourth-order valence-corrected chi connectivity index (χ4v) is 1.95. The Morgan fingerprint density at radius 1 is 0.958 bits per heavy atom. The number of ether oxygens (including phenoxy) is 2. The molecule has 10 nitrogen and oxygen atoms in total. The average molecular weight is 348 g/mol. The average Bonchev–Trinajstić information content (AvgIpc) is 2.57. The van der Waals surface area contributed by atoms with Gasteiger partial charge in [0.05, 0.1) is 14.2 Å². The maximum Gasteiger partial charge on any atom is 0.358 e. The number of hydrogen-bond donors (Lipinski definition) is 4. The predicted octanol–water partition coefficient (Wildman–Crippen LogP) is -1.60. The Balaban J connectivity index is 3.50. The van der Waals surface area contributed by atoms with Crippen LogP contribution in [0.5, 0.6) is 0 Å². The second-order valence-corrected chi connectivity index (χ2v) is 4.72. The molecule has 0 bridgehead atoms. The third-order valence-electron chi connectivity index (χ3n) is 3.27. The second kappa shape index (κ2) is 8.06. The molecule has 1 aromatic heterocycles. The number of aliphatic hydroxyl groups is 4. The molecule has 0 aliphatic heterocycles. The third kappa shape index (κ3) is 3.82. The number of alkyl halides is 1. The van der Waals surface area contributed by atoms with Crippen molar-refractivity contribution >= 4 is 11.9 Å². The lowest BCUT2D eigenvalue weighted by Crippen LogP contribution is -2.40. The van der Waals surface area contributed by atoms with Gasteiger partial charge in [0.15, 0.2) is 11.4 Å². The summed E-state index contributed by atoms with van der Waals surface area (Å²) in [6, 6.07) is 0. The van der Waals surface area contributed by atoms with Gasteiger partial charge < -0.3 is 29.9 Å². The quantitative estimate of drug-likeness (QED) is 0.441. The second-order valence-electron chi connectivity index (χ2n) is 4.72.